The second-order valence-electron chi connectivity index (χ2n) is 7.07. The van der Waals surface area contributed by atoms with Crippen LogP contribution in [-0.2, 0) is 4.79 Å². The summed E-state index contributed by atoms with van der Waals surface area (Å²) in [6, 6.07) is 7.05. The summed E-state index contributed by atoms with van der Waals surface area (Å²) in [4.78, 5) is 15.1. The van der Waals surface area contributed by atoms with Gasteiger partial charge in [-0.25, -0.2) is 4.68 Å². The number of nitrogens with zero attached hydrogens (tertiary/aromatic N) is 3. The van der Waals surface area contributed by atoms with Crippen LogP contribution in [0.4, 0.5) is 5.82 Å². The van der Waals surface area contributed by atoms with E-state index in [-0.39, 0.29) is 11.9 Å². The molecule has 1 saturated heterocycles. The summed E-state index contributed by atoms with van der Waals surface area (Å²) in [7, 11) is 0. The van der Waals surface area contributed by atoms with Crippen molar-refractivity contribution in [3.63, 3.8) is 0 Å². The van der Waals surface area contributed by atoms with Gasteiger partial charge in [-0.05, 0) is 51.3 Å². The average molecular weight is 489 g/mol. The number of rotatable bonds is 2. The monoisotopic (exact) mass is 488 g/mol. The Morgan fingerprint density at radius 1 is 1.09 bits per heavy atom. The SMILES string of the molecule is C#C.C/C=C\C.CC.CC1=C(C(=O)N2CCCC2)C(c2ccc(Cl)c(Cl)c2)n2nccc2N1. The summed E-state index contributed by atoms with van der Waals surface area (Å²) in [5, 5.41) is 8.69. The molecule has 1 amide bonds. The highest BCUT2D eigenvalue weighted by Crippen LogP contribution is 2.38. The van der Waals surface area contributed by atoms with Gasteiger partial charge >= 0.3 is 0 Å². The molecule has 2 aromatic rings. The minimum absolute atomic E-state index is 0.0553. The second kappa shape index (κ2) is 14.5. The van der Waals surface area contributed by atoms with Crippen molar-refractivity contribution in [1.82, 2.24) is 14.7 Å². The number of allylic oxidation sites excluding steroid dienone is 3. The number of carbonyl (C=O) groups excluding carboxylic acids is 1. The standard InChI is InChI=1S/C18H18Cl2N4O.C4H8.C2H6.C2H2/c1-11-16(18(25)23-8-2-3-9-23)17(24-15(22-11)6-7-21-24)12-4-5-13(19)14(20)10-12;1-3-4-2;2*1-2/h4-7,10,17,22H,2-3,8-9H2,1H3;3-4H,1-2H3;1-2H3;1-2H/b;4-3-;;. The van der Waals surface area contributed by atoms with Crippen molar-refractivity contribution >= 4 is 34.9 Å². The number of anilines is 1. The highest BCUT2D eigenvalue weighted by atomic mass is 35.5. The number of hydrogen-bond acceptors (Lipinski definition) is 3. The molecule has 1 N–H and O–H groups in total. The first-order chi connectivity index (χ1) is 16.0. The summed E-state index contributed by atoms with van der Waals surface area (Å²) in [6.45, 7) is 11.5. The Hall–Kier alpha value is -2.68. The van der Waals surface area contributed by atoms with E-state index in [9.17, 15) is 4.79 Å². The van der Waals surface area contributed by atoms with E-state index in [1.165, 1.54) is 0 Å². The lowest BCUT2D eigenvalue weighted by molar-refractivity contribution is -0.126. The molecule has 2 aliphatic heterocycles. The minimum atomic E-state index is -0.325. The van der Waals surface area contributed by atoms with Crippen molar-refractivity contribution in [3.8, 4) is 12.8 Å². The second-order valence-corrected chi connectivity index (χ2v) is 7.88. The maximum absolute atomic E-state index is 13.2. The molecule has 0 saturated carbocycles. The predicted molar refractivity (Wildman–Crippen MR) is 141 cm³/mol. The summed E-state index contributed by atoms with van der Waals surface area (Å²) in [6.07, 6.45) is 15.8. The smallest absolute Gasteiger partial charge is 0.254 e. The number of likely N-dealkylation sites (tertiary alicyclic amines) is 1. The van der Waals surface area contributed by atoms with Crippen molar-refractivity contribution < 1.29 is 4.79 Å². The quantitative estimate of drug-likeness (QED) is 0.367. The number of carbonyl (C=O) groups is 1. The van der Waals surface area contributed by atoms with Crippen LogP contribution >= 0.6 is 23.2 Å². The molecule has 1 atom stereocenters. The van der Waals surface area contributed by atoms with Crippen LogP contribution in [0.1, 0.15) is 59.1 Å². The van der Waals surface area contributed by atoms with Crippen molar-refractivity contribution in [3.05, 3.63) is 69.5 Å². The van der Waals surface area contributed by atoms with E-state index in [0.717, 1.165) is 43.0 Å². The number of halogens is 2. The average Bonchev–Trinajstić information content (AvgIpc) is 3.55. The minimum Gasteiger partial charge on any atom is -0.344 e. The molecule has 1 aromatic heterocycles. The van der Waals surface area contributed by atoms with E-state index in [1.54, 1.807) is 12.3 Å². The van der Waals surface area contributed by atoms with Gasteiger partial charge in [-0.1, -0.05) is 55.3 Å². The number of aromatic nitrogens is 2. The van der Waals surface area contributed by atoms with Crippen LogP contribution in [0.25, 0.3) is 0 Å². The Kier molecular flexibility index (Phi) is 12.4. The summed E-state index contributed by atoms with van der Waals surface area (Å²) < 4.78 is 1.83. The number of terminal acetylenes is 1. The van der Waals surface area contributed by atoms with Crippen LogP contribution in [-0.4, -0.2) is 33.7 Å². The van der Waals surface area contributed by atoms with Gasteiger partial charge in [0.1, 0.15) is 11.9 Å². The zero-order chi connectivity index (χ0) is 25.0. The highest BCUT2D eigenvalue weighted by molar-refractivity contribution is 6.42. The zero-order valence-corrected chi connectivity index (χ0v) is 21.6. The third-order valence-corrected chi connectivity index (χ3v) is 5.86. The third kappa shape index (κ3) is 6.90. The molecule has 2 aliphatic rings. The molecule has 0 bridgehead atoms. The molecule has 4 rings (SSSR count). The number of benzene rings is 1. The molecule has 3 heterocycles. The van der Waals surface area contributed by atoms with Crippen molar-refractivity contribution in [1.29, 1.82) is 0 Å². The fourth-order valence-corrected chi connectivity index (χ4v) is 3.87. The molecule has 5 nitrogen and oxygen atoms in total. The molecule has 33 heavy (non-hydrogen) atoms. The first kappa shape index (κ1) is 28.4. The number of nitrogens with one attached hydrogen (secondary N) is 1. The van der Waals surface area contributed by atoms with Crippen LogP contribution < -0.4 is 5.32 Å². The largest absolute Gasteiger partial charge is 0.344 e. The lowest BCUT2D eigenvalue weighted by atomic mass is 9.94. The lowest BCUT2D eigenvalue weighted by Gasteiger charge is -2.32. The predicted octanol–water partition coefficient (Wildman–Crippen LogP) is 6.96. The van der Waals surface area contributed by atoms with Crippen molar-refractivity contribution in [2.45, 2.75) is 53.5 Å². The van der Waals surface area contributed by atoms with E-state index in [0.29, 0.717) is 15.6 Å². The molecular weight excluding hydrogens is 455 g/mol. The Labute approximate surface area is 208 Å². The van der Waals surface area contributed by atoms with Crippen molar-refractivity contribution in [2.24, 2.45) is 0 Å². The van der Waals surface area contributed by atoms with Crippen LogP contribution in [0.2, 0.25) is 10.0 Å². The Morgan fingerprint density at radius 3 is 2.24 bits per heavy atom. The van der Waals surface area contributed by atoms with Gasteiger partial charge in [0.05, 0.1) is 21.8 Å². The van der Waals surface area contributed by atoms with E-state index < -0.39 is 0 Å². The highest BCUT2D eigenvalue weighted by Gasteiger charge is 2.35. The van der Waals surface area contributed by atoms with E-state index in [1.807, 2.05) is 74.6 Å². The van der Waals surface area contributed by atoms with Gasteiger partial charge in [-0.3, -0.25) is 4.79 Å². The molecule has 178 valence electrons. The van der Waals surface area contributed by atoms with Crippen LogP contribution in [0.5, 0.6) is 0 Å². The third-order valence-electron chi connectivity index (χ3n) is 5.12. The topological polar surface area (TPSA) is 50.2 Å². The molecule has 1 unspecified atom stereocenters. The number of amides is 1. The Balaban J connectivity index is 0.000000605. The van der Waals surface area contributed by atoms with Gasteiger partial charge in [0.25, 0.3) is 5.91 Å². The molecule has 1 fully saturated rings. The Morgan fingerprint density at radius 2 is 1.70 bits per heavy atom. The molecule has 0 radical (unpaired) electrons. The lowest BCUT2D eigenvalue weighted by Crippen LogP contribution is -2.36. The van der Waals surface area contributed by atoms with Gasteiger partial charge in [-0.15, -0.1) is 12.8 Å². The van der Waals surface area contributed by atoms with Gasteiger partial charge in [0, 0.05) is 24.9 Å². The fourth-order valence-electron chi connectivity index (χ4n) is 3.56. The van der Waals surface area contributed by atoms with Crippen LogP contribution in [0, 0.1) is 12.8 Å². The normalized spacial score (nSPS) is 16.4. The molecular formula is C26H34Cl2N4O. The molecule has 0 spiro atoms. The van der Waals surface area contributed by atoms with E-state index >= 15 is 0 Å². The summed E-state index contributed by atoms with van der Waals surface area (Å²) in [5.74, 6) is 0.909. The fraction of sp³-hybridized carbons (Fsp3) is 0.385. The Bertz CT molecular complexity index is 981. The van der Waals surface area contributed by atoms with E-state index in [2.05, 4.69) is 23.3 Å². The maximum atomic E-state index is 13.2. The summed E-state index contributed by atoms with van der Waals surface area (Å²) >= 11 is 12.3. The number of fused-ring (bicyclic) bond motifs is 1. The van der Waals surface area contributed by atoms with Crippen LogP contribution in [0.15, 0.2) is 53.9 Å². The zero-order valence-electron chi connectivity index (χ0n) is 20.1. The first-order valence-corrected chi connectivity index (χ1v) is 11.9. The van der Waals surface area contributed by atoms with Crippen LogP contribution in [0.3, 0.4) is 0 Å². The maximum Gasteiger partial charge on any atom is 0.254 e. The van der Waals surface area contributed by atoms with Gasteiger partial charge in [0.15, 0.2) is 0 Å². The first-order valence-electron chi connectivity index (χ1n) is 11.1. The van der Waals surface area contributed by atoms with Crippen molar-refractivity contribution in [2.75, 3.05) is 18.4 Å². The van der Waals surface area contributed by atoms with E-state index in [4.69, 9.17) is 23.2 Å². The molecule has 0 aliphatic carbocycles. The molecule has 7 heteroatoms. The molecule has 1 aromatic carbocycles. The van der Waals surface area contributed by atoms with Gasteiger partial charge in [-0.2, -0.15) is 5.10 Å². The van der Waals surface area contributed by atoms with Gasteiger partial charge in [0.2, 0.25) is 0 Å². The van der Waals surface area contributed by atoms with Gasteiger partial charge < -0.3 is 10.2 Å². The number of hydrogen-bond donors (Lipinski definition) is 1. The summed E-state index contributed by atoms with van der Waals surface area (Å²) in [5.41, 5.74) is 2.44.